The van der Waals surface area contributed by atoms with E-state index in [9.17, 15) is 27.2 Å². The number of alkyl halides is 4. The van der Waals surface area contributed by atoms with Crippen molar-refractivity contribution in [3.63, 3.8) is 0 Å². The number of esters is 2. The molecule has 0 N–H and O–H groups in total. The minimum Gasteiger partial charge on any atom is -0.459 e. The molecule has 176 valence electrons. The number of hydrogen-bond donors (Lipinski definition) is 0. The number of halogens is 4. The molecule has 0 amide bonds. The van der Waals surface area contributed by atoms with Crippen LogP contribution < -0.4 is 0 Å². The summed E-state index contributed by atoms with van der Waals surface area (Å²) in [6.07, 6.45) is 2.32. The first-order valence-corrected chi connectivity index (χ1v) is 10.1. The maximum Gasteiger partial charge on any atom is 0.346 e. The van der Waals surface area contributed by atoms with Gasteiger partial charge in [0.05, 0.1) is 6.42 Å². The average Bonchev–Trinajstić information content (AvgIpc) is 2.72. The summed E-state index contributed by atoms with van der Waals surface area (Å²) in [6, 6.07) is 5.49. The molecule has 10 heteroatoms. The molecule has 0 unspecified atom stereocenters. The molecular weight excluding hydrogens is 420 g/mol. The monoisotopic (exact) mass is 450 g/mol. The molecule has 0 aliphatic heterocycles. The van der Waals surface area contributed by atoms with E-state index in [-0.39, 0.29) is 25.3 Å². The van der Waals surface area contributed by atoms with E-state index in [2.05, 4.69) is 14.5 Å². The smallest absolute Gasteiger partial charge is 0.346 e. The summed E-state index contributed by atoms with van der Waals surface area (Å²) in [5.41, 5.74) is 0.865. The Hall–Kier alpha value is -2.23. The molecule has 0 aromatic carbocycles. The van der Waals surface area contributed by atoms with Crippen LogP contribution in [0.25, 0.3) is 0 Å². The minimum absolute atomic E-state index is 0.137. The Bertz CT molecular complexity index is 687. The molecule has 1 rings (SSSR count). The van der Waals surface area contributed by atoms with Crippen LogP contribution in [0.5, 0.6) is 0 Å². The number of carbonyl (C=O) groups is 2. The second kappa shape index (κ2) is 12.6. The lowest BCUT2D eigenvalue weighted by Gasteiger charge is -2.26. The van der Waals surface area contributed by atoms with Gasteiger partial charge in [-0.15, -0.1) is 0 Å². The van der Waals surface area contributed by atoms with Gasteiger partial charge in [-0.2, -0.15) is 17.6 Å². The van der Waals surface area contributed by atoms with Crippen molar-refractivity contribution in [2.45, 2.75) is 51.4 Å². The minimum atomic E-state index is -4.66. The summed E-state index contributed by atoms with van der Waals surface area (Å²) in [4.78, 5) is 29.0. The zero-order valence-electron chi connectivity index (χ0n) is 18.1. The summed E-state index contributed by atoms with van der Waals surface area (Å²) in [5, 5.41) is 0. The van der Waals surface area contributed by atoms with Crippen LogP contribution in [0.2, 0.25) is 0 Å². The maximum absolute atomic E-state index is 13.8. The van der Waals surface area contributed by atoms with Gasteiger partial charge in [-0.05, 0) is 31.5 Å². The topological polar surface area (TPSA) is 68.7 Å². The van der Waals surface area contributed by atoms with Crippen LogP contribution in [0, 0.1) is 5.92 Å². The molecule has 0 fully saturated rings. The lowest BCUT2D eigenvalue weighted by Crippen LogP contribution is -2.48. The number of aromatic nitrogens is 1. The highest BCUT2D eigenvalue weighted by Gasteiger charge is 2.58. The van der Waals surface area contributed by atoms with Gasteiger partial charge in [-0.25, -0.2) is 0 Å². The SMILES string of the molecule is CC(C)CCC(=O)OCC(F)(F)C(F)(F)COC(=O)CCN(C)CCc1ccccn1. The number of nitrogens with zero attached hydrogens (tertiary/aromatic N) is 2. The van der Waals surface area contributed by atoms with Crippen LogP contribution in [-0.2, 0) is 25.5 Å². The van der Waals surface area contributed by atoms with E-state index in [0.29, 0.717) is 19.4 Å². The number of pyridine rings is 1. The highest BCUT2D eigenvalue weighted by molar-refractivity contribution is 5.70. The standard InChI is InChI=1S/C21H30F4N2O4/c1-16(2)7-8-18(28)30-14-20(22,23)21(24,25)15-31-19(29)10-13-27(3)12-9-17-6-4-5-11-26-17/h4-6,11,16H,7-10,12-15H2,1-3H3. The van der Waals surface area contributed by atoms with Crippen molar-refractivity contribution < 1.29 is 36.6 Å². The molecular formula is C21H30F4N2O4. The fourth-order valence-corrected chi connectivity index (χ4v) is 2.35. The van der Waals surface area contributed by atoms with Crippen LogP contribution in [-0.4, -0.2) is 67.0 Å². The third-order valence-electron chi connectivity index (χ3n) is 4.46. The lowest BCUT2D eigenvalue weighted by atomic mass is 10.1. The molecule has 0 spiro atoms. The average molecular weight is 450 g/mol. The first-order chi connectivity index (χ1) is 14.4. The molecule has 0 saturated heterocycles. The highest BCUT2D eigenvalue weighted by atomic mass is 19.3. The van der Waals surface area contributed by atoms with Crippen LogP contribution in [0.3, 0.4) is 0 Å². The van der Waals surface area contributed by atoms with Gasteiger partial charge in [0.25, 0.3) is 0 Å². The quantitative estimate of drug-likeness (QED) is 0.318. The van der Waals surface area contributed by atoms with Crippen LogP contribution in [0.1, 0.15) is 38.8 Å². The van der Waals surface area contributed by atoms with Crippen molar-refractivity contribution in [2.24, 2.45) is 5.92 Å². The Morgan fingerprint density at radius 1 is 1.00 bits per heavy atom. The Kier molecular flexibility index (Phi) is 10.9. The predicted molar refractivity (Wildman–Crippen MR) is 106 cm³/mol. The molecule has 1 heterocycles. The number of carbonyl (C=O) groups excluding carboxylic acids is 2. The van der Waals surface area contributed by atoms with Gasteiger partial charge in [0, 0.05) is 37.8 Å². The zero-order chi connectivity index (χ0) is 23.5. The van der Waals surface area contributed by atoms with E-state index in [1.165, 1.54) is 0 Å². The van der Waals surface area contributed by atoms with Crippen molar-refractivity contribution in [3.8, 4) is 0 Å². The number of hydrogen-bond acceptors (Lipinski definition) is 6. The molecule has 0 aliphatic carbocycles. The van der Waals surface area contributed by atoms with E-state index >= 15 is 0 Å². The molecule has 1 aromatic rings. The Morgan fingerprint density at radius 2 is 1.58 bits per heavy atom. The van der Waals surface area contributed by atoms with Crippen molar-refractivity contribution in [3.05, 3.63) is 30.1 Å². The van der Waals surface area contributed by atoms with E-state index in [4.69, 9.17) is 0 Å². The van der Waals surface area contributed by atoms with Gasteiger partial charge in [0.2, 0.25) is 0 Å². The number of rotatable bonds is 14. The van der Waals surface area contributed by atoms with Gasteiger partial charge in [-0.1, -0.05) is 19.9 Å². The summed E-state index contributed by atoms with van der Waals surface area (Å²) >= 11 is 0. The number of likely N-dealkylation sites (N-methyl/N-ethyl adjacent to an activating group) is 1. The molecule has 0 bridgehead atoms. The van der Waals surface area contributed by atoms with Crippen LogP contribution >= 0.6 is 0 Å². The first kappa shape index (κ1) is 26.8. The van der Waals surface area contributed by atoms with Crippen molar-refractivity contribution in [1.29, 1.82) is 0 Å². The van der Waals surface area contributed by atoms with Crippen molar-refractivity contribution >= 4 is 11.9 Å². The van der Waals surface area contributed by atoms with Crippen molar-refractivity contribution in [2.75, 3.05) is 33.4 Å². The van der Waals surface area contributed by atoms with Gasteiger partial charge in [0.15, 0.2) is 13.2 Å². The fraction of sp³-hybridized carbons (Fsp3) is 0.667. The first-order valence-electron chi connectivity index (χ1n) is 10.1. The van der Waals surface area contributed by atoms with Crippen LogP contribution in [0.4, 0.5) is 17.6 Å². The Labute approximate surface area is 179 Å². The normalized spacial score (nSPS) is 12.3. The molecule has 31 heavy (non-hydrogen) atoms. The molecule has 0 atom stereocenters. The van der Waals surface area contributed by atoms with E-state index < -0.39 is 37.0 Å². The number of ether oxygens (including phenoxy) is 2. The predicted octanol–water partition coefficient (Wildman–Crippen LogP) is 3.74. The van der Waals surface area contributed by atoms with Gasteiger partial charge in [-0.3, -0.25) is 14.6 Å². The molecule has 0 radical (unpaired) electrons. The van der Waals surface area contributed by atoms with E-state index in [1.54, 1.807) is 24.2 Å². The Morgan fingerprint density at radius 3 is 2.10 bits per heavy atom. The van der Waals surface area contributed by atoms with Gasteiger partial charge >= 0.3 is 23.8 Å². The van der Waals surface area contributed by atoms with E-state index in [1.807, 2.05) is 26.0 Å². The van der Waals surface area contributed by atoms with E-state index in [0.717, 1.165) is 5.69 Å². The lowest BCUT2D eigenvalue weighted by molar-refractivity contribution is -0.248. The molecule has 1 aromatic heterocycles. The molecule has 0 saturated carbocycles. The van der Waals surface area contributed by atoms with Gasteiger partial charge < -0.3 is 14.4 Å². The highest BCUT2D eigenvalue weighted by Crippen LogP contribution is 2.35. The zero-order valence-corrected chi connectivity index (χ0v) is 18.1. The summed E-state index contributed by atoms with van der Waals surface area (Å²) in [7, 11) is 1.73. The van der Waals surface area contributed by atoms with Crippen LogP contribution in [0.15, 0.2) is 24.4 Å². The third kappa shape index (κ3) is 10.6. The van der Waals surface area contributed by atoms with Gasteiger partial charge in [0.1, 0.15) is 0 Å². The summed E-state index contributed by atoms with van der Waals surface area (Å²) in [6.45, 7) is 0.859. The largest absolute Gasteiger partial charge is 0.459 e. The Balaban J connectivity index is 2.34. The summed E-state index contributed by atoms with van der Waals surface area (Å²) in [5.74, 6) is -11.2. The maximum atomic E-state index is 13.8. The molecule has 0 aliphatic rings. The summed E-state index contributed by atoms with van der Waals surface area (Å²) < 4.78 is 63.7. The second-order valence-corrected chi connectivity index (χ2v) is 7.79. The third-order valence-corrected chi connectivity index (χ3v) is 4.46. The molecule has 6 nitrogen and oxygen atoms in total. The van der Waals surface area contributed by atoms with Crippen molar-refractivity contribution in [1.82, 2.24) is 9.88 Å². The second-order valence-electron chi connectivity index (χ2n) is 7.79. The fourth-order valence-electron chi connectivity index (χ4n) is 2.35.